The molecular weight excluding hydrogens is 144 g/mol. The highest BCUT2D eigenvalue weighted by molar-refractivity contribution is 4.70. The van der Waals surface area contributed by atoms with Gasteiger partial charge < -0.3 is 22.1 Å². The van der Waals surface area contributed by atoms with Crippen LogP contribution in [0.2, 0.25) is 0 Å². The first-order chi connectivity index (χ1) is 2.43. The lowest BCUT2D eigenvalue weighted by Gasteiger charge is -1.73. The normalized spacial score (nSPS) is 19.5. The number of aliphatic hydroxyl groups excluding tert-OH is 1. The smallest absolute Gasteiger partial charge is 0.0459 e. The molecule has 1 fully saturated rings. The van der Waals surface area contributed by atoms with Crippen LogP contribution >= 0.6 is 0 Å². The Bertz CT molecular complexity index is 34.5. The van der Waals surface area contributed by atoms with Gasteiger partial charge in [0.1, 0.15) is 0 Å². The van der Waals surface area contributed by atoms with Crippen molar-refractivity contribution in [2.75, 3.05) is 6.61 Å². The van der Waals surface area contributed by atoms with E-state index in [1.165, 1.54) is 12.8 Å². The van der Waals surface area contributed by atoms with Crippen molar-refractivity contribution in [1.29, 1.82) is 0 Å². The lowest BCUT2D eigenvalue weighted by molar-refractivity contribution is -0.00000208. The third-order valence-corrected chi connectivity index (χ3v) is 0.955. The van der Waals surface area contributed by atoms with Gasteiger partial charge in [0.2, 0.25) is 0 Å². The predicted octanol–water partition coefficient (Wildman–Crippen LogP) is -2.61. The van der Waals surface area contributed by atoms with Crippen LogP contribution in [-0.4, -0.2) is 11.7 Å². The first kappa shape index (κ1) is 6.44. The van der Waals surface area contributed by atoms with Crippen molar-refractivity contribution in [3.63, 3.8) is 0 Å². The van der Waals surface area contributed by atoms with E-state index in [4.69, 9.17) is 5.11 Å². The molecule has 0 radical (unpaired) electrons. The van der Waals surface area contributed by atoms with E-state index in [1.807, 2.05) is 0 Å². The molecule has 0 aliphatic heterocycles. The zero-order valence-corrected chi connectivity index (χ0v) is 5.11. The minimum atomic E-state index is 0. The van der Waals surface area contributed by atoms with Crippen LogP contribution < -0.4 is 17.0 Å². The molecular formula is C4H8BrO-. The van der Waals surface area contributed by atoms with Gasteiger partial charge in [-0.3, -0.25) is 0 Å². The number of hydrogen-bond donors (Lipinski definition) is 1. The highest BCUT2D eigenvalue weighted by Crippen LogP contribution is 2.27. The van der Waals surface area contributed by atoms with Crippen molar-refractivity contribution in [1.82, 2.24) is 0 Å². The van der Waals surface area contributed by atoms with Gasteiger partial charge in [-0.15, -0.1) is 0 Å². The van der Waals surface area contributed by atoms with Gasteiger partial charge >= 0.3 is 0 Å². The second kappa shape index (κ2) is 2.59. The Hall–Kier alpha value is 0.440. The molecule has 0 amide bonds. The largest absolute Gasteiger partial charge is 1.00 e. The van der Waals surface area contributed by atoms with E-state index < -0.39 is 0 Å². The Morgan fingerprint density at radius 3 is 2.00 bits per heavy atom. The van der Waals surface area contributed by atoms with Gasteiger partial charge in [0.05, 0.1) is 0 Å². The van der Waals surface area contributed by atoms with Crippen LogP contribution in [0.25, 0.3) is 0 Å². The van der Waals surface area contributed by atoms with Crippen molar-refractivity contribution in [2.24, 2.45) is 5.92 Å². The average Bonchev–Trinajstić information content (AvgIpc) is 2.12. The third-order valence-electron chi connectivity index (χ3n) is 0.955. The van der Waals surface area contributed by atoms with Crippen LogP contribution in [0.3, 0.4) is 0 Å². The highest BCUT2D eigenvalue weighted by Gasteiger charge is 2.18. The molecule has 1 aliphatic carbocycles. The molecule has 0 saturated heterocycles. The zero-order chi connectivity index (χ0) is 3.70. The van der Waals surface area contributed by atoms with E-state index in [0.717, 1.165) is 0 Å². The molecule has 1 aliphatic rings. The summed E-state index contributed by atoms with van der Waals surface area (Å²) in [6.07, 6.45) is 2.52. The zero-order valence-electron chi connectivity index (χ0n) is 3.52. The maximum atomic E-state index is 8.21. The van der Waals surface area contributed by atoms with Crippen molar-refractivity contribution >= 4 is 0 Å². The number of rotatable bonds is 1. The van der Waals surface area contributed by atoms with Gasteiger partial charge in [0.15, 0.2) is 0 Å². The van der Waals surface area contributed by atoms with Crippen LogP contribution in [0.5, 0.6) is 0 Å². The average molecular weight is 152 g/mol. The summed E-state index contributed by atoms with van der Waals surface area (Å²) in [6, 6.07) is 0. The van der Waals surface area contributed by atoms with Gasteiger partial charge in [-0.2, -0.15) is 0 Å². The molecule has 38 valence electrons. The monoisotopic (exact) mass is 151 g/mol. The van der Waals surface area contributed by atoms with Crippen LogP contribution in [0, 0.1) is 5.92 Å². The van der Waals surface area contributed by atoms with E-state index in [1.54, 1.807) is 0 Å². The van der Waals surface area contributed by atoms with Gasteiger partial charge in [0.25, 0.3) is 0 Å². The minimum absolute atomic E-state index is 0. The van der Waals surface area contributed by atoms with Crippen molar-refractivity contribution in [3.05, 3.63) is 0 Å². The molecule has 0 unspecified atom stereocenters. The number of hydrogen-bond acceptors (Lipinski definition) is 1. The van der Waals surface area contributed by atoms with E-state index in [2.05, 4.69) is 0 Å². The Balaban J connectivity index is 0.000000250. The Morgan fingerprint density at radius 2 is 2.00 bits per heavy atom. The van der Waals surface area contributed by atoms with Gasteiger partial charge in [-0.25, -0.2) is 0 Å². The van der Waals surface area contributed by atoms with Crippen molar-refractivity contribution in [3.8, 4) is 0 Å². The minimum Gasteiger partial charge on any atom is -1.00 e. The second-order valence-electron chi connectivity index (χ2n) is 1.63. The molecule has 1 saturated carbocycles. The summed E-state index contributed by atoms with van der Waals surface area (Å²) in [5.41, 5.74) is 0. The summed E-state index contributed by atoms with van der Waals surface area (Å²) < 4.78 is 0. The molecule has 1 rings (SSSR count). The summed E-state index contributed by atoms with van der Waals surface area (Å²) in [5.74, 6) is 0.690. The first-order valence-corrected chi connectivity index (χ1v) is 2.04. The molecule has 0 spiro atoms. The molecule has 1 N–H and O–H groups in total. The van der Waals surface area contributed by atoms with Crippen LogP contribution in [0.1, 0.15) is 12.8 Å². The third kappa shape index (κ3) is 1.78. The molecule has 0 aromatic carbocycles. The highest BCUT2D eigenvalue weighted by atomic mass is 79.9. The van der Waals surface area contributed by atoms with Crippen molar-refractivity contribution in [2.45, 2.75) is 12.8 Å². The fraction of sp³-hybridized carbons (Fsp3) is 1.00. The Kier molecular flexibility index (Phi) is 2.78. The van der Waals surface area contributed by atoms with Gasteiger partial charge in [0, 0.05) is 6.61 Å². The molecule has 0 atom stereocenters. The molecule has 0 aromatic heterocycles. The lowest BCUT2D eigenvalue weighted by Crippen LogP contribution is -3.00. The number of halogens is 1. The topological polar surface area (TPSA) is 20.2 Å². The fourth-order valence-corrected chi connectivity index (χ4v) is 0.300. The lowest BCUT2D eigenvalue weighted by atomic mass is 10.5. The molecule has 0 heterocycles. The summed E-state index contributed by atoms with van der Waals surface area (Å²) >= 11 is 0. The van der Waals surface area contributed by atoms with E-state index in [-0.39, 0.29) is 17.0 Å². The molecule has 1 nitrogen and oxygen atoms in total. The van der Waals surface area contributed by atoms with Crippen LogP contribution in [-0.2, 0) is 0 Å². The Morgan fingerprint density at radius 1 is 1.50 bits per heavy atom. The Labute approximate surface area is 48.1 Å². The maximum Gasteiger partial charge on any atom is 0.0459 e. The van der Waals surface area contributed by atoms with Gasteiger partial charge in [-0.05, 0) is 18.8 Å². The summed E-state index contributed by atoms with van der Waals surface area (Å²) in [5, 5.41) is 8.21. The molecule has 0 aromatic rings. The molecule has 6 heavy (non-hydrogen) atoms. The fourth-order valence-electron chi connectivity index (χ4n) is 0.300. The second-order valence-corrected chi connectivity index (χ2v) is 1.63. The summed E-state index contributed by atoms with van der Waals surface area (Å²) in [6.45, 7) is 0.417. The first-order valence-electron chi connectivity index (χ1n) is 2.04. The van der Waals surface area contributed by atoms with E-state index in [9.17, 15) is 0 Å². The molecule has 0 bridgehead atoms. The quantitative estimate of drug-likeness (QED) is 0.436. The predicted molar refractivity (Wildman–Crippen MR) is 19.8 cm³/mol. The number of aliphatic hydroxyl groups is 1. The SMILES string of the molecule is OCC1CC1.[Br-]. The summed E-state index contributed by atoms with van der Waals surface area (Å²) in [4.78, 5) is 0. The molecule has 2 heteroatoms. The van der Waals surface area contributed by atoms with E-state index in [0.29, 0.717) is 12.5 Å². The van der Waals surface area contributed by atoms with Crippen molar-refractivity contribution < 1.29 is 22.1 Å². The van der Waals surface area contributed by atoms with Crippen LogP contribution in [0.15, 0.2) is 0 Å². The van der Waals surface area contributed by atoms with E-state index >= 15 is 0 Å². The maximum absolute atomic E-state index is 8.21. The summed E-state index contributed by atoms with van der Waals surface area (Å²) in [7, 11) is 0. The van der Waals surface area contributed by atoms with Crippen LogP contribution in [0.4, 0.5) is 0 Å². The van der Waals surface area contributed by atoms with Gasteiger partial charge in [-0.1, -0.05) is 0 Å². The standard InChI is InChI=1S/C4H8O.BrH/c5-3-4-1-2-4;/h4-5H,1-3H2;1H/p-1.